The monoisotopic (exact) mass is 304 g/mol. The Hall–Kier alpha value is -1.82. The lowest BCUT2D eigenvalue weighted by molar-refractivity contribution is 0.290. The number of aryl methyl sites for hydroxylation is 1. The van der Waals surface area contributed by atoms with Crippen LogP contribution < -0.4 is 15.8 Å². The lowest BCUT2D eigenvalue weighted by atomic mass is 10.3. The van der Waals surface area contributed by atoms with E-state index in [0.717, 1.165) is 10.8 Å². The van der Waals surface area contributed by atoms with E-state index in [4.69, 9.17) is 10.5 Å². The van der Waals surface area contributed by atoms with E-state index in [1.807, 2.05) is 18.3 Å². The predicted octanol–water partition coefficient (Wildman–Crippen LogP) is 3.39. The molecule has 2 heterocycles. The molecule has 0 bridgehead atoms. The summed E-state index contributed by atoms with van der Waals surface area (Å²) in [4.78, 5) is 10.1. The third-order valence-electron chi connectivity index (χ3n) is 3.42. The van der Waals surface area contributed by atoms with Crippen molar-refractivity contribution in [1.29, 1.82) is 0 Å². The van der Waals surface area contributed by atoms with E-state index in [9.17, 15) is 0 Å². The number of nitrogen functional groups attached to an aromatic ring is 1. The van der Waals surface area contributed by atoms with Gasteiger partial charge >= 0.3 is 0 Å². The van der Waals surface area contributed by atoms with Crippen LogP contribution in [0.1, 0.15) is 35.7 Å². The number of nitrogens with two attached hydrogens (primary N) is 1. The first kappa shape index (κ1) is 14.1. The van der Waals surface area contributed by atoms with Crippen LogP contribution in [0, 0.1) is 12.8 Å². The summed E-state index contributed by atoms with van der Waals surface area (Å²) >= 11 is 1.69. The second-order valence-corrected chi connectivity index (χ2v) is 6.79. The standard InChI is InChI=1S/C15H20N4OS/c1-9-7-17-15(21-9)10(2)18-13-6-5-12(16)14(19-13)20-8-11-3-4-11/h5-7,10-11H,3-4,8,16H2,1-2H3,(H,18,19). The highest BCUT2D eigenvalue weighted by Crippen LogP contribution is 2.31. The van der Waals surface area contributed by atoms with Gasteiger partial charge in [-0.1, -0.05) is 0 Å². The van der Waals surface area contributed by atoms with Crippen molar-refractivity contribution in [1.82, 2.24) is 9.97 Å². The molecule has 21 heavy (non-hydrogen) atoms. The minimum atomic E-state index is 0.108. The van der Waals surface area contributed by atoms with Crippen LogP contribution in [0.25, 0.3) is 0 Å². The molecule has 3 rings (SSSR count). The highest BCUT2D eigenvalue weighted by molar-refractivity contribution is 7.11. The molecule has 1 aliphatic rings. The SMILES string of the molecule is Cc1cnc(C(C)Nc2ccc(N)c(OCC3CC3)n2)s1. The molecule has 6 heteroatoms. The van der Waals surface area contributed by atoms with Gasteiger partial charge in [0.2, 0.25) is 5.88 Å². The van der Waals surface area contributed by atoms with Crippen LogP contribution in [0.15, 0.2) is 18.3 Å². The second-order valence-electron chi connectivity index (χ2n) is 5.52. The smallest absolute Gasteiger partial charge is 0.239 e. The third kappa shape index (κ3) is 3.64. The first-order valence-corrected chi connectivity index (χ1v) is 8.01. The Balaban J connectivity index is 1.67. The Morgan fingerprint density at radius 1 is 1.48 bits per heavy atom. The number of hydrogen-bond donors (Lipinski definition) is 2. The van der Waals surface area contributed by atoms with Crippen LogP contribution in [-0.4, -0.2) is 16.6 Å². The largest absolute Gasteiger partial charge is 0.476 e. The van der Waals surface area contributed by atoms with Gasteiger partial charge in [0, 0.05) is 11.1 Å². The Morgan fingerprint density at radius 3 is 2.95 bits per heavy atom. The van der Waals surface area contributed by atoms with Crippen molar-refractivity contribution in [3.05, 3.63) is 28.2 Å². The maximum Gasteiger partial charge on any atom is 0.239 e. The zero-order chi connectivity index (χ0) is 14.8. The van der Waals surface area contributed by atoms with Gasteiger partial charge in [0.1, 0.15) is 10.8 Å². The lowest BCUT2D eigenvalue weighted by Crippen LogP contribution is -2.09. The van der Waals surface area contributed by atoms with Crippen LogP contribution in [0.5, 0.6) is 5.88 Å². The van der Waals surface area contributed by atoms with Gasteiger partial charge in [-0.25, -0.2) is 4.98 Å². The highest BCUT2D eigenvalue weighted by atomic mass is 32.1. The summed E-state index contributed by atoms with van der Waals surface area (Å²) in [5.41, 5.74) is 6.50. The van der Waals surface area contributed by atoms with Gasteiger partial charge in [-0.05, 0) is 44.7 Å². The Morgan fingerprint density at radius 2 is 2.29 bits per heavy atom. The van der Waals surface area contributed by atoms with Crippen LogP contribution in [0.3, 0.4) is 0 Å². The molecule has 1 saturated carbocycles. The molecule has 2 aromatic rings. The van der Waals surface area contributed by atoms with Crippen molar-refractivity contribution in [2.45, 2.75) is 32.7 Å². The van der Waals surface area contributed by atoms with Gasteiger partial charge in [0.05, 0.1) is 18.3 Å². The van der Waals surface area contributed by atoms with Crippen LogP contribution in [0.4, 0.5) is 11.5 Å². The average molecular weight is 304 g/mol. The van der Waals surface area contributed by atoms with Crippen molar-refractivity contribution in [3.8, 4) is 5.88 Å². The van der Waals surface area contributed by atoms with Gasteiger partial charge in [-0.15, -0.1) is 11.3 Å². The Bertz CT molecular complexity index is 624. The van der Waals surface area contributed by atoms with Crippen molar-refractivity contribution in [2.75, 3.05) is 17.7 Å². The minimum Gasteiger partial charge on any atom is -0.476 e. The van der Waals surface area contributed by atoms with E-state index in [-0.39, 0.29) is 6.04 Å². The number of rotatable bonds is 6. The summed E-state index contributed by atoms with van der Waals surface area (Å²) in [5.74, 6) is 1.96. The zero-order valence-corrected chi connectivity index (χ0v) is 13.1. The first-order valence-electron chi connectivity index (χ1n) is 7.20. The topological polar surface area (TPSA) is 73.1 Å². The summed E-state index contributed by atoms with van der Waals surface area (Å²) in [6.45, 7) is 4.84. The molecular weight excluding hydrogens is 284 g/mol. The van der Waals surface area contributed by atoms with E-state index in [1.54, 1.807) is 11.3 Å². The summed E-state index contributed by atoms with van der Waals surface area (Å²) in [7, 11) is 0. The van der Waals surface area contributed by atoms with Crippen LogP contribution >= 0.6 is 11.3 Å². The molecular formula is C15H20N4OS. The molecule has 0 aromatic carbocycles. The molecule has 112 valence electrons. The fraction of sp³-hybridized carbons (Fsp3) is 0.467. The van der Waals surface area contributed by atoms with Crippen LogP contribution in [-0.2, 0) is 0 Å². The number of thiazole rings is 1. The number of hydrogen-bond acceptors (Lipinski definition) is 6. The number of nitrogens with zero attached hydrogens (tertiary/aromatic N) is 2. The molecule has 5 nitrogen and oxygen atoms in total. The molecule has 1 unspecified atom stereocenters. The van der Waals surface area contributed by atoms with Gasteiger partial charge in [-0.2, -0.15) is 4.98 Å². The van der Waals surface area contributed by atoms with Gasteiger partial charge in [0.15, 0.2) is 0 Å². The van der Waals surface area contributed by atoms with E-state index in [2.05, 4.69) is 29.1 Å². The number of pyridine rings is 1. The van der Waals surface area contributed by atoms with Gasteiger partial charge in [0.25, 0.3) is 0 Å². The maximum absolute atomic E-state index is 5.92. The molecule has 0 radical (unpaired) electrons. The fourth-order valence-corrected chi connectivity index (χ4v) is 2.76. The van der Waals surface area contributed by atoms with E-state index in [1.165, 1.54) is 17.7 Å². The summed E-state index contributed by atoms with van der Waals surface area (Å²) < 4.78 is 5.70. The van der Waals surface area contributed by atoms with Crippen molar-refractivity contribution >= 4 is 22.8 Å². The molecule has 1 aliphatic carbocycles. The van der Waals surface area contributed by atoms with E-state index >= 15 is 0 Å². The maximum atomic E-state index is 5.92. The fourth-order valence-electron chi connectivity index (χ4n) is 1.98. The Kier molecular flexibility index (Phi) is 3.96. The molecule has 3 N–H and O–H groups in total. The van der Waals surface area contributed by atoms with E-state index < -0.39 is 0 Å². The quantitative estimate of drug-likeness (QED) is 0.855. The van der Waals surface area contributed by atoms with Gasteiger partial charge < -0.3 is 15.8 Å². The highest BCUT2D eigenvalue weighted by Gasteiger charge is 2.22. The molecule has 1 atom stereocenters. The number of nitrogens with one attached hydrogen (secondary N) is 1. The number of anilines is 2. The predicted molar refractivity (Wildman–Crippen MR) is 85.8 cm³/mol. The van der Waals surface area contributed by atoms with Crippen molar-refractivity contribution < 1.29 is 4.74 Å². The van der Waals surface area contributed by atoms with Gasteiger partial charge in [-0.3, -0.25) is 0 Å². The van der Waals surface area contributed by atoms with Crippen molar-refractivity contribution in [2.24, 2.45) is 5.92 Å². The third-order valence-corrected chi connectivity index (χ3v) is 4.51. The average Bonchev–Trinajstić information content (AvgIpc) is 3.19. The molecule has 1 fully saturated rings. The molecule has 2 aromatic heterocycles. The number of ether oxygens (including phenoxy) is 1. The molecule has 0 saturated heterocycles. The molecule has 0 spiro atoms. The molecule has 0 aliphatic heterocycles. The molecule has 0 amide bonds. The normalized spacial score (nSPS) is 15.7. The van der Waals surface area contributed by atoms with Crippen LogP contribution in [0.2, 0.25) is 0 Å². The Labute approximate surface area is 128 Å². The van der Waals surface area contributed by atoms with E-state index in [0.29, 0.717) is 24.1 Å². The lowest BCUT2D eigenvalue weighted by Gasteiger charge is -2.14. The zero-order valence-electron chi connectivity index (χ0n) is 12.3. The minimum absolute atomic E-state index is 0.108. The number of aromatic nitrogens is 2. The second kappa shape index (κ2) is 5.89. The summed E-state index contributed by atoms with van der Waals surface area (Å²) in [6, 6.07) is 3.81. The summed E-state index contributed by atoms with van der Waals surface area (Å²) in [5, 5.41) is 4.39. The first-order chi connectivity index (χ1) is 10.1. The van der Waals surface area contributed by atoms with Crippen molar-refractivity contribution in [3.63, 3.8) is 0 Å². The summed E-state index contributed by atoms with van der Waals surface area (Å²) in [6.07, 6.45) is 4.38.